The number of amides is 7. The van der Waals surface area contributed by atoms with E-state index in [9.17, 15) is 74.7 Å². The highest BCUT2D eigenvalue weighted by atomic mass is 32.2. The number of carbonyl (C=O) groups excluding carboxylic acids is 7. The van der Waals surface area contributed by atoms with Crippen LogP contribution >= 0.6 is 23.7 Å². The van der Waals surface area contributed by atoms with Crippen LogP contribution in [0.4, 0.5) is 10.8 Å². The standard InChI is InChI=1S/C65H92N12O22S2/c1-36-32-77-55(56(36)86)61(91)67-31-43(81)29-46(68-57(87)39-10-14-42(15-11-39)74-21-23-75(24-22-74)65-73-72-62(100-65)40-12-16-45(17-13-40)96-26-8-6-4-5-7-25-95-3)58(88)69-52(37(2)80)63(92)76-33-44(82)30-47(76)59(89)70-53(50(85)27-38-9-18-48(83)51(28-38)97-101-99-98-94)60(90)71-54(64(77)93)49(84)19-20-66-41(34-78)35-79/h9-18,28,36-37,41,43-44,46-47,49-50,52-56,66,78-86,94H,4-8,19-27,29-35H2,1-3H3,(H,67,91)(H,68,87)(H,69,88)(H,70,89)(H,71,90)/t36-,37+,43+,44+,46?,47-,49+,50+,52-,53-,54-,55-,56-/m0/s1. The van der Waals surface area contributed by atoms with Gasteiger partial charge in [-0.05, 0) is 99.0 Å². The molecule has 0 bridgehead atoms. The number of ether oxygens (including phenoxy) is 2. The minimum Gasteiger partial charge on any atom is -0.504 e. The van der Waals surface area contributed by atoms with Crippen LogP contribution in [-0.2, 0) is 49.3 Å². The molecular weight excluding hydrogens is 1360 g/mol. The molecule has 4 aliphatic heterocycles. The Morgan fingerprint density at radius 2 is 1.41 bits per heavy atom. The van der Waals surface area contributed by atoms with Crippen LogP contribution < -0.4 is 50.6 Å². The summed E-state index contributed by atoms with van der Waals surface area (Å²) >= 11 is 1.54. The van der Waals surface area contributed by atoms with Gasteiger partial charge in [0.1, 0.15) is 47.0 Å². The number of aromatic nitrogens is 2. The average molecular weight is 1460 g/mol. The molecule has 36 heteroatoms. The van der Waals surface area contributed by atoms with Crippen LogP contribution in [0, 0.1) is 5.92 Å². The number of phenolic OH excluding ortho intramolecular Hbond substituents is 1. The van der Waals surface area contributed by atoms with Crippen molar-refractivity contribution in [2.75, 3.05) is 95.7 Å². The molecule has 16 N–H and O–H groups in total. The molecule has 4 aromatic rings. The normalized spacial score (nSPS) is 24.6. The predicted molar refractivity (Wildman–Crippen MR) is 363 cm³/mol. The van der Waals surface area contributed by atoms with Crippen LogP contribution in [0.15, 0.2) is 66.7 Å². The van der Waals surface area contributed by atoms with Gasteiger partial charge in [-0.1, -0.05) is 53.0 Å². The number of unbranched alkanes of at least 4 members (excludes halogenated alkanes) is 4. The number of nitrogens with zero attached hydrogens (tertiary/aromatic N) is 6. The summed E-state index contributed by atoms with van der Waals surface area (Å²) in [5.74, 6) is -8.76. The third kappa shape index (κ3) is 21.7. The Kier molecular flexibility index (Phi) is 30.2. The lowest BCUT2D eigenvalue weighted by molar-refractivity contribution is -0.433. The fourth-order valence-corrected chi connectivity index (χ4v) is 13.5. The number of β-amino-alcohol motifs (C(OH)–C–C–N with tert-alkyl or cyclic N) is 1. The molecule has 3 aromatic carbocycles. The van der Waals surface area contributed by atoms with Crippen LogP contribution in [0.1, 0.15) is 81.1 Å². The lowest BCUT2D eigenvalue weighted by Gasteiger charge is -2.35. The molecule has 556 valence electrons. The van der Waals surface area contributed by atoms with E-state index in [2.05, 4.69) is 61.3 Å². The molecular formula is C65H92N12O22S2. The van der Waals surface area contributed by atoms with Crippen LogP contribution in [0.25, 0.3) is 10.6 Å². The molecule has 101 heavy (non-hydrogen) atoms. The van der Waals surface area contributed by atoms with E-state index in [0.29, 0.717) is 32.8 Å². The number of hydrogen-bond donors (Lipinski definition) is 16. The first-order valence-corrected chi connectivity index (χ1v) is 34.9. The van der Waals surface area contributed by atoms with Gasteiger partial charge in [0, 0.05) is 102 Å². The highest BCUT2D eigenvalue weighted by molar-refractivity contribution is 7.90. The number of methoxy groups -OCH3 is 1. The molecule has 1 aromatic heterocycles. The van der Waals surface area contributed by atoms with Crippen LogP contribution in [-0.4, -0.2) is 277 Å². The maximum atomic E-state index is 15.0. The molecule has 0 spiro atoms. The Labute approximate surface area is 590 Å². The van der Waals surface area contributed by atoms with Crippen molar-refractivity contribution in [2.24, 2.45) is 5.92 Å². The Morgan fingerprint density at radius 3 is 2.09 bits per heavy atom. The molecule has 0 saturated carbocycles. The van der Waals surface area contributed by atoms with Crippen molar-refractivity contribution in [1.82, 2.24) is 51.9 Å². The summed E-state index contributed by atoms with van der Waals surface area (Å²) in [6, 6.07) is 5.53. The number of aliphatic hydroxyl groups is 8. The van der Waals surface area contributed by atoms with Crippen molar-refractivity contribution in [2.45, 2.75) is 151 Å². The fraction of sp³-hybridized carbons (Fsp3) is 0.585. The van der Waals surface area contributed by atoms with Gasteiger partial charge in [-0.3, -0.25) is 33.6 Å². The number of carbonyl (C=O) groups is 7. The van der Waals surface area contributed by atoms with E-state index in [1.165, 1.54) is 42.5 Å². The first-order valence-electron chi connectivity index (χ1n) is 33.5. The van der Waals surface area contributed by atoms with E-state index in [0.717, 1.165) is 88.6 Å². The topological polar surface area (TPSA) is 479 Å². The van der Waals surface area contributed by atoms with Crippen LogP contribution in [0.2, 0.25) is 0 Å². The Hall–Kier alpha value is -7.66. The summed E-state index contributed by atoms with van der Waals surface area (Å²) in [5.41, 5.74) is 1.85. The van der Waals surface area contributed by atoms with Crippen molar-refractivity contribution >= 4 is 75.8 Å². The number of aliphatic hydroxyl groups excluding tert-OH is 8. The molecule has 8 rings (SSSR count). The number of aromatic hydroxyl groups is 1. The zero-order valence-corrected chi connectivity index (χ0v) is 57.8. The van der Waals surface area contributed by atoms with Gasteiger partial charge in [-0.2, -0.15) is 0 Å². The van der Waals surface area contributed by atoms with Gasteiger partial charge in [-0.25, -0.2) is 5.26 Å². The monoisotopic (exact) mass is 1460 g/mol. The Balaban J connectivity index is 1.01. The van der Waals surface area contributed by atoms with Crippen LogP contribution in [0.3, 0.4) is 0 Å². The maximum absolute atomic E-state index is 15.0. The molecule has 0 radical (unpaired) electrons. The third-order valence-corrected chi connectivity index (χ3v) is 19.4. The lowest BCUT2D eigenvalue weighted by atomic mass is 9.98. The average Bonchev–Trinajstić information content (AvgIpc) is 1.68. The van der Waals surface area contributed by atoms with Gasteiger partial charge < -0.3 is 111 Å². The second-order valence-electron chi connectivity index (χ2n) is 25.4. The van der Waals surface area contributed by atoms with Gasteiger partial charge in [0.05, 0.1) is 62.5 Å². The Morgan fingerprint density at radius 1 is 0.743 bits per heavy atom. The number of anilines is 2. The van der Waals surface area contributed by atoms with Gasteiger partial charge >= 0.3 is 0 Å². The summed E-state index contributed by atoms with van der Waals surface area (Å²) in [6.07, 6.45) is -7.24. The number of piperazine rings is 1. The lowest BCUT2D eigenvalue weighted by Crippen LogP contribution is -2.64. The smallest absolute Gasteiger partial charge is 0.261 e. The van der Waals surface area contributed by atoms with Crippen LogP contribution in [0.5, 0.6) is 17.2 Å². The van der Waals surface area contributed by atoms with E-state index in [1.54, 1.807) is 19.2 Å². The number of fused-ring (bicyclic) bond motifs is 2. The summed E-state index contributed by atoms with van der Waals surface area (Å²) in [5, 5.41) is 137. The highest BCUT2D eigenvalue weighted by Crippen LogP contribution is 2.34. The summed E-state index contributed by atoms with van der Waals surface area (Å²) < 4.78 is 20.5. The minimum absolute atomic E-state index is 0.0595. The molecule has 1 unspecified atom stereocenters. The second kappa shape index (κ2) is 38.6. The molecule has 7 amide bonds. The molecule has 34 nitrogen and oxygen atoms in total. The fourth-order valence-electron chi connectivity index (χ4n) is 12.3. The summed E-state index contributed by atoms with van der Waals surface area (Å²) in [6.45, 7) is 3.48. The number of rotatable bonds is 29. The molecule has 5 heterocycles. The van der Waals surface area contributed by atoms with E-state index in [1.807, 2.05) is 24.3 Å². The van der Waals surface area contributed by atoms with E-state index in [4.69, 9.17) is 18.9 Å². The van der Waals surface area contributed by atoms with Crippen molar-refractivity contribution in [3.63, 3.8) is 0 Å². The molecule has 4 aliphatic rings. The van der Waals surface area contributed by atoms with E-state index >= 15 is 4.79 Å². The molecule has 4 saturated heterocycles. The SMILES string of the molecule is COCCCCCCCOc1ccc(-c2nnc(N3CCN(c4ccc(C(=O)NC5C[C@@H](O)CNC(=O)[C@@H]6[C@@H](O)[C@@H](C)CN6C(=O)[C@H]([C@H](O)CCNC(CO)CO)NC(=O)[C@H]([C@H](O)Cc6ccc(O)c(OSOOO)c6)NC(=O)[C@@H]6C[C@@H](O)CN6C(=O)[C@H]([C@@H](C)O)NC5=O)cc4)CC3)s2)cc1. The first-order chi connectivity index (χ1) is 48.5. The predicted octanol–water partition coefficient (Wildman–Crippen LogP) is -2.14. The third-order valence-electron chi connectivity index (χ3n) is 18.0. The molecule has 4 fully saturated rings. The number of benzene rings is 3. The van der Waals surface area contributed by atoms with E-state index in [-0.39, 0.29) is 42.3 Å². The maximum Gasteiger partial charge on any atom is 0.261 e. The van der Waals surface area contributed by atoms with E-state index < -0.39 is 184 Å². The minimum atomic E-state index is -2.16. The van der Waals surface area contributed by atoms with Crippen molar-refractivity contribution in [3.8, 4) is 27.8 Å². The quantitative estimate of drug-likeness (QED) is 0.0119. The molecule has 13 atom stereocenters. The number of nitrogens with one attached hydrogen (secondary N) is 6. The van der Waals surface area contributed by atoms with Crippen molar-refractivity contribution in [3.05, 3.63) is 77.9 Å². The van der Waals surface area contributed by atoms with Gasteiger partial charge in [0.2, 0.25) is 40.6 Å². The van der Waals surface area contributed by atoms with Crippen molar-refractivity contribution < 1.29 is 108 Å². The van der Waals surface area contributed by atoms with Gasteiger partial charge in [0.25, 0.3) is 18.2 Å². The zero-order valence-electron chi connectivity index (χ0n) is 56.2. The first kappa shape index (κ1) is 79.0. The van der Waals surface area contributed by atoms with Crippen molar-refractivity contribution in [1.29, 1.82) is 0 Å². The van der Waals surface area contributed by atoms with Gasteiger partial charge in [-0.15, -0.1) is 10.2 Å². The number of phenols is 1. The van der Waals surface area contributed by atoms with Gasteiger partial charge in [0.15, 0.2) is 11.5 Å². The number of hydrogen-bond acceptors (Lipinski definition) is 29. The molecule has 0 aliphatic carbocycles. The summed E-state index contributed by atoms with van der Waals surface area (Å²) in [4.78, 5) is 109. The highest BCUT2D eigenvalue weighted by Gasteiger charge is 2.50. The summed E-state index contributed by atoms with van der Waals surface area (Å²) in [7, 11) is 1.71. The zero-order chi connectivity index (χ0) is 72.9. The Bertz CT molecular complexity index is 3350. The largest absolute Gasteiger partial charge is 0.504 e. The second-order valence-corrected chi connectivity index (χ2v) is 26.8.